The predicted octanol–water partition coefficient (Wildman–Crippen LogP) is 2.04. The van der Waals surface area contributed by atoms with Gasteiger partial charge in [-0.05, 0) is 24.8 Å². The van der Waals surface area contributed by atoms with Crippen molar-refractivity contribution in [1.29, 1.82) is 0 Å². The number of H-pyrrole nitrogens is 1. The van der Waals surface area contributed by atoms with Gasteiger partial charge in [0.05, 0.1) is 24.7 Å². The molecule has 2 aliphatic rings. The number of hydroxylamine groups is 2. The Morgan fingerprint density at radius 2 is 1.91 bits per heavy atom. The SMILES string of the molecule is CN1CCN(C(=O)c2cnc([C@@H](NC(=O)[C@H](CC3CCCC3)CN(O)C=O)C(C)(C)C)[nH]2)CC1. The quantitative estimate of drug-likeness (QED) is 0.285. The molecule has 1 aromatic heterocycles. The predicted molar refractivity (Wildman–Crippen MR) is 127 cm³/mol. The molecular weight excluding hydrogens is 436 g/mol. The van der Waals surface area contributed by atoms with Gasteiger partial charge in [0.25, 0.3) is 5.91 Å². The Kier molecular flexibility index (Phi) is 8.70. The van der Waals surface area contributed by atoms with Crippen LogP contribution in [0.4, 0.5) is 0 Å². The van der Waals surface area contributed by atoms with Crippen LogP contribution in [0.2, 0.25) is 0 Å². The molecule has 0 bridgehead atoms. The molecule has 1 aromatic rings. The van der Waals surface area contributed by atoms with Crippen molar-refractivity contribution < 1.29 is 19.6 Å². The number of aromatic amines is 1. The molecule has 1 saturated heterocycles. The van der Waals surface area contributed by atoms with E-state index in [0.29, 0.717) is 48.4 Å². The van der Waals surface area contributed by atoms with Crippen molar-refractivity contribution in [2.75, 3.05) is 39.8 Å². The van der Waals surface area contributed by atoms with Crippen molar-refractivity contribution in [1.82, 2.24) is 30.1 Å². The highest BCUT2D eigenvalue weighted by Gasteiger charge is 2.35. The van der Waals surface area contributed by atoms with E-state index in [9.17, 15) is 19.6 Å². The average Bonchev–Trinajstić information content (AvgIpc) is 3.48. The lowest BCUT2D eigenvalue weighted by molar-refractivity contribution is -0.155. The maximum Gasteiger partial charge on any atom is 0.272 e. The van der Waals surface area contributed by atoms with Crippen LogP contribution < -0.4 is 5.32 Å². The normalized spacial score (nSPS) is 19.6. The van der Waals surface area contributed by atoms with E-state index in [4.69, 9.17) is 0 Å². The fraction of sp³-hybridized carbons (Fsp3) is 0.750. The molecule has 3 amide bonds. The van der Waals surface area contributed by atoms with Gasteiger partial charge >= 0.3 is 0 Å². The summed E-state index contributed by atoms with van der Waals surface area (Å²) in [5, 5.41) is 13.4. The first kappa shape index (κ1) is 26.2. The van der Waals surface area contributed by atoms with Gasteiger partial charge in [-0.15, -0.1) is 0 Å². The molecule has 3 rings (SSSR count). The van der Waals surface area contributed by atoms with Gasteiger partial charge in [-0.1, -0.05) is 46.5 Å². The van der Waals surface area contributed by atoms with Gasteiger partial charge in [0.2, 0.25) is 12.3 Å². The van der Waals surface area contributed by atoms with Crippen molar-refractivity contribution in [2.45, 2.75) is 58.9 Å². The van der Waals surface area contributed by atoms with Crippen molar-refractivity contribution >= 4 is 18.2 Å². The van der Waals surface area contributed by atoms with Crippen LogP contribution in [0.3, 0.4) is 0 Å². The molecule has 0 aromatic carbocycles. The zero-order valence-electron chi connectivity index (χ0n) is 20.9. The van der Waals surface area contributed by atoms with E-state index >= 15 is 0 Å². The zero-order valence-corrected chi connectivity index (χ0v) is 20.9. The van der Waals surface area contributed by atoms with Crippen molar-refractivity contribution in [3.05, 3.63) is 17.7 Å². The van der Waals surface area contributed by atoms with E-state index < -0.39 is 12.0 Å². The Balaban J connectivity index is 1.74. The summed E-state index contributed by atoms with van der Waals surface area (Å²) in [5.41, 5.74) is 0.0245. The second-order valence-electron chi connectivity index (χ2n) is 10.9. The Bertz CT molecular complexity index is 837. The number of imidazole rings is 1. The smallest absolute Gasteiger partial charge is 0.272 e. The van der Waals surface area contributed by atoms with Crippen LogP contribution in [0, 0.1) is 17.3 Å². The summed E-state index contributed by atoms with van der Waals surface area (Å²) in [4.78, 5) is 48.9. The lowest BCUT2D eigenvalue weighted by Crippen LogP contribution is -2.47. The summed E-state index contributed by atoms with van der Waals surface area (Å²) >= 11 is 0. The van der Waals surface area contributed by atoms with Gasteiger partial charge in [-0.25, -0.2) is 10.0 Å². The number of aromatic nitrogens is 2. The summed E-state index contributed by atoms with van der Waals surface area (Å²) in [6.45, 7) is 8.94. The molecule has 1 saturated carbocycles. The van der Waals surface area contributed by atoms with Crippen LogP contribution >= 0.6 is 0 Å². The Hall–Kier alpha value is -2.46. The number of carbonyl (C=O) groups excluding carboxylic acids is 3. The zero-order chi connectivity index (χ0) is 24.9. The van der Waals surface area contributed by atoms with Crippen LogP contribution in [0.1, 0.15) is 75.2 Å². The monoisotopic (exact) mass is 476 g/mol. The summed E-state index contributed by atoms with van der Waals surface area (Å²) < 4.78 is 0. The lowest BCUT2D eigenvalue weighted by Gasteiger charge is -2.33. The summed E-state index contributed by atoms with van der Waals surface area (Å²) in [7, 11) is 2.04. The van der Waals surface area contributed by atoms with Gasteiger partial charge in [0, 0.05) is 26.2 Å². The highest BCUT2D eigenvalue weighted by molar-refractivity contribution is 5.92. The van der Waals surface area contributed by atoms with Crippen molar-refractivity contribution in [3.8, 4) is 0 Å². The minimum absolute atomic E-state index is 0.0476. The number of nitrogens with zero attached hydrogens (tertiary/aromatic N) is 4. The van der Waals surface area contributed by atoms with Crippen LogP contribution in [-0.2, 0) is 9.59 Å². The van der Waals surface area contributed by atoms with E-state index in [1.165, 1.54) is 0 Å². The fourth-order valence-corrected chi connectivity index (χ4v) is 4.91. The minimum Gasteiger partial charge on any atom is -0.345 e. The number of likely N-dealkylation sites (N-methyl/N-ethyl adjacent to an activating group) is 1. The van der Waals surface area contributed by atoms with E-state index in [2.05, 4.69) is 20.2 Å². The number of rotatable bonds is 9. The van der Waals surface area contributed by atoms with Crippen LogP contribution in [0.25, 0.3) is 0 Å². The Morgan fingerprint density at radius 3 is 2.50 bits per heavy atom. The molecule has 2 fully saturated rings. The molecule has 2 atom stereocenters. The Labute approximate surface area is 202 Å². The molecule has 10 heteroatoms. The maximum absolute atomic E-state index is 13.3. The molecule has 0 unspecified atom stereocenters. The standard InChI is InChI=1S/C24H40N6O4/c1-24(2,3)20(21-25-14-19(26-21)23(33)29-11-9-28(4)10-12-29)27-22(32)18(15-30(34)16-31)13-17-7-5-6-8-17/h14,16-18,20,34H,5-13,15H2,1-4H3,(H,25,26)(H,27,32)/t18-,20-/m1/s1. The van der Waals surface area contributed by atoms with E-state index in [1.807, 2.05) is 32.7 Å². The molecular formula is C24H40N6O4. The first-order valence-corrected chi connectivity index (χ1v) is 12.3. The molecule has 3 N–H and O–H groups in total. The summed E-state index contributed by atoms with van der Waals surface area (Å²) in [5.74, 6) is 0.0990. The lowest BCUT2D eigenvalue weighted by atomic mass is 9.85. The van der Waals surface area contributed by atoms with E-state index in [0.717, 1.165) is 38.8 Å². The highest BCUT2D eigenvalue weighted by Crippen LogP contribution is 2.34. The van der Waals surface area contributed by atoms with E-state index in [-0.39, 0.29) is 23.8 Å². The van der Waals surface area contributed by atoms with Gasteiger partial charge in [-0.2, -0.15) is 0 Å². The number of piperazine rings is 1. The molecule has 2 heterocycles. The largest absolute Gasteiger partial charge is 0.345 e. The van der Waals surface area contributed by atoms with Crippen LogP contribution in [0.5, 0.6) is 0 Å². The first-order chi connectivity index (χ1) is 16.1. The van der Waals surface area contributed by atoms with Crippen molar-refractivity contribution in [3.63, 3.8) is 0 Å². The molecule has 0 radical (unpaired) electrons. The summed E-state index contributed by atoms with van der Waals surface area (Å²) in [6, 6.07) is -0.469. The number of hydrogen-bond acceptors (Lipinski definition) is 6. The average molecular weight is 477 g/mol. The fourth-order valence-electron chi connectivity index (χ4n) is 4.91. The third kappa shape index (κ3) is 6.79. The summed E-state index contributed by atoms with van der Waals surface area (Å²) in [6.07, 6.45) is 6.92. The van der Waals surface area contributed by atoms with Crippen molar-refractivity contribution in [2.24, 2.45) is 17.3 Å². The molecule has 0 spiro atoms. The van der Waals surface area contributed by atoms with Gasteiger partial charge in [0.1, 0.15) is 11.5 Å². The van der Waals surface area contributed by atoms with Crippen LogP contribution in [-0.4, -0.2) is 88.0 Å². The molecule has 190 valence electrons. The number of nitrogens with one attached hydrogen (secondary N) is 2. The molecule has 10 nitrogen and oxygen atoms in total. The Morgan fingerprint density at radius 1 is 1.26 bits per heavy atom. The van der Waals surface area contributed by atoms with Gasteiger partial charge < -0.3 is 20.1 Å². The second-order valence-corrected chi connectivity index (χ2v) is 10.9. The minimum atomic E-state index is -0.524. The van der Waals surface area contributed by atoms with E-state index in [1.54, 1.807) is 6.20 Å². The molecule has 1 aliphatic carbocycles. The third-order valence-electron chi connectivity index (χ3n) is 7.03. The second kappa shape index (κ2) is 11.3. The number of carbonyl (C=O) groups is 3. The van der Waals surface area contributed by atoms with Gasteiger partial charge in [-0.3, -0.25) is 19.6 Å². The first-order valence-electron chi connectivity index (χ1n) is 12.3. The molecule has 34 heavy (non-hydrogen) atoms. The highest BCUT2D eigenvalue weighted by atomic mass is 16.5. The molecule has 1 aliphatic heterocycles. The third-order valence-corrected chi connectivity index (χ3v) is 7.03. The topological polar surface area (TPSA) is 122 Å². The number of amides is 3. The van der Waals surface area contributed by atoms with Gasteiger partial charge in [0.15, 0.2) is 0 Å². The van der Waals surface area contributed by atoms with Crippen LogP contribution in [0.15, 0.2) is 6.20 Å². The maximum atomic E-state index is 13.3. The number of hydrogen-bond donors (Lipinski definition) is 3.